The number of hydrogen-bond acceptors (Lipinski definition) is 6. The molecule has 0 saturated heterocycles. The topological polar surface area (TPSA) is 140 Å². The van der Waals surface area contributed by atoms with Crippen LogP contribution in [0, 0.1) is 16.0 Å². The second-order valence-corrected chi connectivity index (χ2v) is 6.19. The molecule has 10 heteroatoms. The average Bonchev–Trinajstić information content (AvgIpc) is 3.12. The third-order valence-electron chi connectivity index (χ3n) is 4.44. The number of non-ortho nitro benzene ring substituents is 1. The number of carbonyl (C=O) groups excluding carboxylic acids is 1. The van der Waals surface area contributed by atoms with Gasteiger partial charge < -0.3 is 10.4 Å². The van der Waals surface area contributed by atoms with Crippen LogP contribution < -0.4 is 5.32 Å². The van der Waals surface area contributed by atoms with Gasteiger partial charge in [-0.25, -0.2) is 4.68 Å². The first-order chi connectivity index (χ1) is 12.4. The second-order valence-electron chi connectivity index (χ2n) is 6.19. The molecule has 0 aliphatic heterocycles. The van der Waals surface area contributed by atoms with Gasteiger partial charge >= 0.3 is 5.97 Å². The van der Waals surface area contributed by atoms with Gasteiger partial charge in [0.25, 0.3) is 11.6 Å². The number of nitro groups is 1. The summed E-state index contributed by atoms with van der Waals surface area (Å²) in [5.41, 5.74) is 0.434. The van der Waals surface area contributed by atoms with Crippen LogP contribution in [-0.4, -0.2) is 42.9 Å². The molecule has 1 aliphatic rings. The zero-order valence-corrected chi connectivity index (χ0v) is 13.7. The highest BCUT2D eigenvalue weighted by molar-refractivity contribution is 5.92. The molecule has 1 aliphatic carbocycles. The molecule has 0 unspecified atom stereocenters. The van der Waals surface area contributed by atoms with Gasteiger partial charge in [-0.1, -0.05) is 11.3 Å². The molecule has 2 N–H and O–H groups in total. The summed E-state index contributed by atoms with van der Waals surface area (Å²) in [6, 6.07) is 5.75. The summed E-state index contributed by atoms with van der Waals surface area (Å²) in [5.74, 6) is -1.55. The Morgan fingerprint density at radius 3 is 2.65 bits per heavy atom. The molecule has 3 rings (SSSR count). The summed E-state index contributed by atoms with van der Waals surface area (Å²) in [6.07, 6.45) is 3.65. The Hall–Kier alpha value is -3.30. The lowest BCUT2D eigenvalue weighted by molar-refractivity contribution is -0.384. The van der Waals surface area contributed by atoms with E-state index in [-0.39, 0.29) is 23.3 Å². The maximum Gasteiger partial charge on any atom is 0.306 e. The van der Waals surface area contributed by atoms with Crippen LogP contribution in [0.1, 0.15) is 36.2 Å². The molecule has 1 saturated carbocycles. The van der Waals surface area contributed by atoms with Crippen molar-refractivity contribution in [1.29, 1.82) is 0 Å². The molecule has 0 radical (unpaired) electrons. The summed E-state index contributed by atoms with van der Waals surface area (Å²) >= 11 is 0. The van der Waals surface area contributed by atoms with E-state index < -0.39 is 16.8 Å². The van der Waals surface area contributed by atoms with Gasteiger partial charge in [0.15, 0.2) is 5.69 Å². The van der Waals surface area contributed by atoms with E-state index in [1.807, 2.05) is 0 Å². The van der Waals surface area contributed by atoms with Crippen molar-refractivity contribution in [2.24, 2.45) is 5.92 Å². The Labute approximate surface area is 148 Å². The quantitative estimate of drug-likeness (QED) is 0.609. The van der Waals surface area contributed by atoms with Crippen LogP contribution in [0.4, 0.5) is 5.69 Å². The fourth-order valence-corrected chi connectivity index (χ4v) is 2.99. The van der Waals surface area contributed by atoms with Crippen LogP contribution in [0.25, 0.3) is 5.69 Å². The van der Waals surface area contributed by atoms with Crippen molar-refractivity contribution < 1.29 is 19.6 Å². The largest absolute Gasteiger partial charge is 0.481 e. The number of carboxylic acid groups (broad SMARTS) is 1. The van der Waals surface area contributed by atoms with Gasteiger partial charge in [-0.15, -0.1) is 5.10 Å². The number of nitrogens with zero attached hydrogens (tertiary/aromatic N) is 4. The zero-order valence-electron chi connectivity index (χ0n) is 13.7. The highest BCUT2D eigenvalue weighted by Gasteiger charge is 2.27. The summed E-state index contributed by atoms with van der Waals surface area (Å²) in [4.78, 5) is 33.6. The van der Waals surface area contributed by atoms with Crippen molar-refractivity contribution in [3.63, 3.8) is 0 Å². The summed E-state index contributed by atoms with van der Waals surface area (Å²) in [5, 5.41) is 30.3. The fourth-order valence-electron chi connectivity index (χ4n) is 2.99. The van der Waals surface area contributed by atoms with Gasteiger partial charge in [-0.2, -0.15) is 0 Å². The van der Waals surface area contributed by atoms with Crippen molar-refractivity contribution in [2.45, 2.75) is 31.7 Å². The van der Waals surface area contributed by atoms with E-state index >= 15 is 0 Å². The number of rotatable bonds is 5. The first kappa shape index (κ1) is 17.5. The smallest absolute Gasteiger partial charge is 0.306 e. The Bertz CT molecular complexity index is 841. The van der Waals surface area contributed by atoms with Gasteiger partial charge in [-0.05, 0) is 31.7 Å². The molecule has 136 valence electrons. The summed E-state index contributed by atoms with van der Waals surface area (Å²) in [7, 11) is 0. The van der Waals surface area contributed by atoms with Crippen molar-refractivity contribution in [3.8, 4) is 5.69 Å². The highest BCUT2D eigenvalue weighted by Crippen LogP contribution is 2.24. The van der Waals surface area contributed by atoms with Crippen LogP contribution in [0.15, 0.2) is 30.5 Å². The molecule has 1 aromatic heterocycles. The third kappa shape index (κ3) is 3.85. The number of nitro benzene ring substituents is 1. The molecule has 2 aromatic rings. The molecule has 10 nitrogen and oxygen atoms in total. The van der Waals surface area contributed by atoms with Crippen molar-refractivity contribution in [3.05, 3.63) is 46.3 Å². The molecule has 1 fully saturated rings. The van der Waals surface area contributed by atoms with Gasteiger partial charge in [-0.3, -0.25) is 19.7 Å². The molecule has 26 heavy (non-hydrogen) atoms. The van der Waals surface area contributed by atoms with E-state index in [0.29, 0.717) is 31.4 Å². The lowest BCUT2D eigenvalue weighted by Gasteiger charge is -2.26. The first-order valence-electron chi connectivity index (χ1n) is 8.15. The van der Waals surface area contributed by atoms with Gasteiger partial charge in [0, 0.05) is 18.2 Å². The van der Waals surface area contributed by atoms with Crippen LogP contribution in [-0.2, 0) is 4.79 Å². The number of nitrogens with one attached hydrogen (secondary N) is 1. The number of aliphatic carboxylic acids is 1. The standard InChI is InChI=1S/C16H17N5O5/c22-15(17-11-6-4-10(5-7-11)16(23)24)14-9-20(19-18-14)12-2-1-3-13(8-12)21(25)26/h1-3,8-11H,4-7H2,(H,17,22)(H,23,24). The molecule has 1 heterocycles. The first-order valence-corrected chi connectivity index (χ1v) is 8.15. The lowest BCUT2D eigenvalue weighted by Crippen LogP contribution is -2.38. The summed E-state index contributed by atoms with van der Waals surface area (Å²) in [6.45, 7) is 0. The third-order valence-corrected chi connectivity index (χ3v) is 4.44. The van der Waals surface area contributed by atoms with E-state index in [4.69, 9.17) is 5.11 Å². The second kappa shape index (κ2) is 7.30. The normalized spacial score (nSPS) is 19.7. The van der Waals surface area contributed by atoms with E-state index in [1.165, 1.54) is 29.1 Å². The molecular weight excluding hydrogens is 342 g/mol. The Morgan fingerprint density at radius 1 is 1.27 bits per heavy atom. The van der Waals surface area contributed by atoms with Crippen LogP contribution in [0.5, 0.6) is 0 Å². The number of amides is 1. The fraction of sp³-hybridized carbons (Fsp3) is 0.375. The predicted octanol–water partition coefficient (Wildman–Crippen LogP) is 1.55. The molecule has 0 bridgehead atoms. The summed E-state index contributed by atoms with van der Waals surface area (Å²) < 4.78 is 1.29. The zero-order chi connectivity index (χ0) is 18.7. The van der Waals surface area contributed by atoms with Crippen molar-refractivity contribution >= 4 is 17.6 Å². The molecule has 1 amide bonds. The SMILES string of the molecule is O=C(NC1CCC(C(=O)O)CC1)c1cn(-c2cccc([N+](=O)[O-])c2)nn1. The van der Waals surface area contributed by atoms with Crippen LogP contribution >= 0.6 is 0 Å². The van der Waals surface area contributed by atoms with E-state index in [1.54, 1.807) is 6.07 Å². The Balaban J connectivity index is 1.64. The molecule has 1 aromatic carbocycles. The number of benzene rings is 1. The van der Waals surface area contributed by atoms with Crippen molar-refractivity contribution in [2.75, 3.05) is 0 Å². The van der Waals surface area contributed by atoms with E-state index in [9.17, 15) is 19.7 Å². The van der Waals surface area contributed by atoms with Gasteiger partial charge in [0.1, 0.15) is 0 Å². The van der Waals surface area contributed by atoms with E-state index in [2.05, 4.69) is 15.6 Å². The maximum atomic E-state index is 12.3. The minimum absolute atomic E-state index is 0.0841. The van der Waals surface area contributed by atoms with Gasteiger partial charge in [0.05, 0.1) is 22.7 Å². The molecule has 0 atom stereocenters. The lowest BCUT2D eigenvalue weighted by atomic mass is 9.86. The predicted molar refractivity (Wildman–Crippen MR) is 88.9 cm³/mol. The minimum atomic E-state index is -0.797. The number of carboxylic acids is 1. The molecular formula is C16H17N5O5. The average molecular weight is 359 g/mol. The maximum absolute atomic E-state index is 12.3. The number of carbonyl (C=O) groups is 2. The minimum Gasteiger partial charge on any atom is -0.481 e. The monoisotopic (exact) mass is 359 g/mol. The van der Waals surface area contributed by atoms with E-state index in [0.717, 1.165) is 0 Å². The molecule has 0 spiro atoms. The number of hydrogen-bond donors (Lipinski definition) is 2. The van der Waals surface area contributed by atoms with Crippen LogP contribution in [0.2, 0.25) is 0 Å². The Morgan fingerprint density at radius 2 is 2.00 bits per heavy atom. The van der Waals surface area contributed by atoms with Crippen LogP contribution in [0.3, 0.4) is 0 Å². The van der Waals surface area contributed by atoms with Gasteiger partial charge in [0.2, 0.25) is 0 Å². The van der Waals surface area contributed by atoms with Crippen molar-refractivity contribution in [1.82, 2.24) is 20.3 Å². The Kier molecular flexibility index (Phi) is 4.92. The number of aromatic nitrogens is 3. The highest BCUT2D eigenvalue weighted by atomic mass is 16.6.